The van der Waals surface area contributed by atoms with Crippen LogP contribution in [0.1, 0.15) is 56.0 Å². The average molecular weight is 458 g/mol. The summed E-state index contributed by atoms with van der Waals surface area (Å²) in [4.78, 5) is 27.9. The first kappa shape index (κ1) is 23.4. The molecule has 34 heavy (non-hydrogen) atoms. The highest BCUT2D eigenvalue weighted by molar-refractivity contribution is 6.51. The number of carbonyl (C=O) groups is 2. The van der Waals surface area contributed by atoms with E-state index in [1.54, 1.807) is 0 Å². The molecule has 0 saturated carbocycles. The summed E-state index contributed by atoms with van der Waals surface area (Å²) < 4.78 is 13.5. The van der Waals surface area contributed by atoms with Gasteiger partial charge in [-0.15, -0.1) is 0 Å². The second-order valence-electron chi connectivity index (χ2n) is 9.57. The lowest BCUT2D eigenvalue weighted by atomic mass is 9.87. The number of rotatable bonds is 4. The number of Topliss-reactive ketones (excluding diaryl/α,β-unsaturated/α-hetero) is 1. The van der Waals surface area contributed by atoms with Crippen molar-refractivity contribution in [3.8, 4) is 0 Å². The second kappa shape index (κ2) is 8.90. The van der Waals surface area contributed by atoms with Crippen LogP contribution >= 0.6 is 0 Å². The quantitative estimate of drug-likeness (QED) is 0.284. The van der Waals surface area contributed by atoms with Crippen LogP contribution in [0.3, 0.4) is 0 Å². The normalized spacial score (nSPS) is 17.9. The van der Waals surface area contributed by atoms with Gasteiger partial charge in [-0.3, -0.25) is 14.5 Å². The molecule has 4 nitrogen and oxygen atoms in total. The summed E-state index contributed by atoms with van der Waals surface area (Å²) >= 11 is 0. The van der Waals surface area contributed by atoms with Crippen molar-refractivity contribution in [1.29, 1.82) is 0 Å². The molecule has 0 spiro atoms. The van der Waals surface area contributed by atoms with E-state index in [4.69, 9.17) is 0 Å². The summed E-state index contributed by atoms with van der Waals surface area (Å²) in [6.45, 7) is 8.36. The molecule has 1 aliphatic rings. The maximum atomic E-state index is 13.5. The minimum absolute atomic E-state index is 0.0132. The molecule has 0 bridgehead atoms. The summed E-state index contributed by atoms with van der Waals surface area (Å²) in [6.07, 6.45) is 0.852. The Morgan fingerprint density at radius 1 is 0.912 bits per heavy atom. The van der Waals surface area contributed by atoms with E-state index >= 15 is 0 Å². The maximum absolute atomic E-state index is 13.5. The zero-order valence-electron chi connectivity index (χ0n) is 19.8. The standard InChI is InChI=1S/C29H28FNO3/c1-5-18-6-8-19(9-7-18)25-24(26(32)20-10-14-22(30)15-11-20)27(33)28(34)31(25)23-16-12-21(13-17-23)29(2,3)4/h6-17,25,32H,5H2,1-4H3/b26-24+. The first-order chi connectivity index (χ1) is 16.1. The molecule has 3 aromatic carbocycles. The van der Waals surface area contributed by atoms with E-state index in [1.807, 2.05) is 55.5 Å². The molecule has 0 aromatic heterocycles. The summed E-state index contributed by atoms with van der Waals surface area (Å²) in [5, 5.41) is 11.1. The highest BCUT2D eigenvalue weighted by Crippen LogP contribution is 2.42. The predicted molar refractivity (Wildman–Crippen MR) is 132 cm³/mol. The number of benzene rings is 3. The van der Waals surface area contributed by atoms with Crippen LogP contribution in [0, 0.1) is 5.82 Å². The Hall–Kier alpha value is -3.73. The molecule has 1 atom stereocenters. The molecule has 0 aliphatic carbocycles. The van der Waals surface area contributed by atoms with Gasteiger partial charge in [0.25, 0.3) is 11.7 Å². The Balaban J connectivity index is 1.89. The van der Waals surface area contributed by atoms with Crippen molar-refractivity contribution in [1.82, 2.24) is 0 Å². The molecule has 174 valence electrons. The van der Waals surface area contributed by atoms with E-state index in [9.17, 15) is 19.1 Å². The highest BCUT2D eigenvalue weighted by atomic mass is 19.1. The molecule has 1 fully saturated rings. The lowest BCUT2D eigenvalue weighted by Crippen LogP contribution is -2.29. The molecule has 1 aliphatic heterocycles. The minimum Gasteiger partial charge on any atom is -0.507 e. The SMILES string of the molecule is CCc1ccc(C2/C(=C(\O)c3ccc(F)cc3)C(=O)C(=O)N2c2ccc(C(C)(C)C)cc2)cc1. The number of aliphatic hydroxyl groups is 1. The largest absolute Gasteiger partial charge is 0.507 e. The van der Waals surface area contributed by atoms with E-state index in [0.29, 0.717) is 11.3 Å². The topological polar surface area (TPSA) is 57.6 Å². The molecule has 1 N–H and O–H groups in total. The van der Waals surface area contributed by atoms with Gasteiger partial charge >= 0.3 is 0 Å². The molecule has 0 radical (unpaired) electrons. The Bertz CT molecular complexity index is 1250. The Morgan fingerprint density at radius 3 is 2.03 bits per heavy atom. The van der Waals surface area contributed by atoms with Crippen molar-refractivity contribution in [3.63, 3.8) is 0 Å². The Kier molecular flexibility index (Phi) is 6.13. The highest BCUT2D eigenvalue weighted by Gasteiger charge is 2.47. The van der Waals surface area contributed by atoms with Crippen LogP contribution in [0.5, 0.6) is 0 Å². The number of ketones is 1. The lowest BCUT2D eigenvalue weighted by molar-refractivity contribution is -0.132. The number of nitrogens with zero attached hydrogens (tertiary/aromatic N) is 1. The molecular weight excluding hydrogens is 429 g/mol. The zero-order chi connectivity index (χ0) is 24.6. The number of halogens is 1. The third-order valence-electron chi connectivity index (χ3n) is 6.28. The fraction of sp³-hybridized carbons (Fsp3) is 0.241. The van der Waals surface area contributed by atoms with Crippen LogP contribution < -0.4 is 4.90 Å². The van der Waals surface area contributed by atoms with Crippen LogP contribution in [-0.2, 0) is 21.4 Å². The van der Waals surface area contributed by atoms with Gasteiger partial charge in [0.1, 0.15) is 11.6 Å². The number of amides is 1. The molecule has 1 heterocycles. The van der Waals surface area contributed by atoms with E-state index in [0.717, 1.165) is 17.5 Å². The van der Waals surface area contributed by atoms with Gasteiger partial charge in [0.2, 0.25) is 0 Å². The van der Waals surface area contributed by atoms with Crippen molar-refractivity contribution in [3.05, 3.63) is 106 Å². The van der Waals surface area contributed by atoms with Crippen molar-refractivity contribution in [2.45, 2.75) is 45.6 Å². The van der Waals surface area contributed by atoms with Crippen molar-refractivity contribution < 1.29 is 19.1 Å². The zero-order valence-corrected chi connectivity index (χ0v) is 19.8. The fourth-order valence-electron chi connectivity index (χ4n) is 4.24. The van der Waals surface area contributed by atoms with Gasteiger partial charge in [-0.05, 0) is 64.9 Å². The van der Waals surface area contributed by atoms with E-state index < -0.39 is 23.5 Å². The van der Waals surface area contributed by atoms with Crippen molar-refractivity contribution in [2.75, 3.05) is 4.90 Å². The Labute approximate surface area is 199 Å². The summed E-state index contributed by atoms with van der Waals surface area (Å²) in [5.74, 6) is -2.26. The van der Waals surface area contributed by atoms with Gasteiger partial charge in [0.15, 0.2) is 0 Å². The molecule has 1 unspecified atom stereocenters. The van der Waals surface area contributed by atoms with Gasteiger partial charge in [0, 0.05) is 11.3 Å². The molecular formula is C29H28FNO3. The van der Waals surface area contributed by atoms with Gasteiger partial charge in [-0.2, -0.15) is 0 Å². The first-order valence-electron chi connectivity index (χ1n) is 11.4. The molecule has 5 heteroatoms. The lowest BCUT2D eigenvalue weighted by Gasteiger charge is -2.27. The van der Waals surface area contributed by atoms with Crippen LogP contribution in [0.4, 0.5) is 10.1 Å². The molecule has 1 amide bonds. The van der Waals surface area contributed by atoms with Crippen LogP contribution in [0.25, 0.3) is 5.76 Å². The van der Waals surface area contributed by atoms with Gasteiger partial charge < -0.3 is 5.11 Å². The minimum atomic E-state index is -0.809. The van der Waals surface area contributed by atoms with Gasteiger partial charge in [-0.1, -0.05) is 64.1 Å². The van der Waals surface area contributed by atoms with Crippen molar-refractivity contribution in [2.24, 2.45) is 0 Å². The number of carbonyl (C=O) groups excluding carboxylic acids is 2. The molecule has 4 rings (SSSR count). The number of aryl methyl sites for hydroxylation is 1. The molecule has 1 saturated heterocycles. The second-order valence-corrected chi connectivity index (χ2v) is 9.57. The fourth-order valence-corrected chi connectivity index (χ4v) is 4.24. The number of hydrogen-bond acceptors (Lipinski definition) is 3. The Morgan fingerprint density at radius 2 is 1.50 bits per heavy atom. The number of hydrogen-bond donors (Lipinski definition) is 1. The van der Waals surface area contributed by atoms with E-state index in [-0.39, 0.29) is 22.3 Å². The third kappa shape index (κ3) is 4.26. The predicted octanol–water partition coefficient (Wildman–Crippen LogP) is 6.31. The number of aliphatic hydroxyl groups excluding tert-OH is 1. The van der Waals surface area contributed by atoms with Gasteiger partial charge in [-0.25, -0.2) is 4.39 Å². The summed E-state index contributed by atoms with van der Waals surface area (Å²) in [6, 6.07) is 19.6. The van der Waals surface area contributed by atoms with Crippen LogP contribution in [0.2, 0.25) is 0 Å². The number of anilines is 1. The molecule has 3 aromatic rings. The summed E-state index contributed by atoms with van der Waals surface area (Å²) in [7, 11) is 0. The van der Waals surface area contributed by atoms with E-state index in [1.165, 1.54) is 29.2 Å². The summed E-state index contributed by atoms with van der Waals surface area (Å²) in [5.41, 5.74) is 3.69. The maximum Gasteiger partial charge on any atom is 0.300 e. The van der Waals surface area contributed by atoms with Crippen LogP contribution in [0.15, 0.2) is 78.4 Å². The average Bonchev–Trinajstić information content (AvgIpc) is 3.09. The van der Waals surface area contributed by atoms with E-state index in [2.05, 4.69) is 20.8 Å². The smallest absolute Gasteiger partial charge is 0.300 e. The third-order valence-corrected chi connectivity index (χ3v) is 6.28. The van der Waals surface area contributed by atoms with Gasteiger partial charge in [0.05, 0.1) is 11.6 Å². The first-order valence-corrected chi connectivity index (χ1v) is 11.4. The monoisotopic (exact) mass is 457 g/mol. The van der Waals surface area contributed by atoms with Crippen molar-refractivity contribution >= 4 is 23.1 Å². The van der Waals surface area contributed by atoms with Crippen LogP contribution in [-0.4, -0.2) is 16.8 Å².